The summed E-state index contributed by atoms with van der Waals surface area (Å²) in [4.78, 5) is 21.2. The first-order valence-electron chi connectivity index (χ1n) is 9.65. The van der Waals surface area contributed by atoms with E-state index in [1.54, 1.807) is 25.4 Å². The van der Waals surface area contributed by atoms with Crippen molar-refractivity contribution in [3.8, 4) is 17.1 Å². The summed E-state index contributed by atoms with van der Waals surface area (Å²) in [6.07, 6.45) is 2.63. The number of aromatic nitrogens is 4. The van der Waals surface area contributed by atoms with Crippen LogP contribution in [-0.2, 0) is 4.74 Å². The Morgan fingerprint density at radius 1 is 1.13 bits per heavy atom. The summed E-state index contributed by atoms with van der Waals surface area (Å²) >= 11 is 0. The van der Waals surface area contributed by atoms with Gasteiger partial charge in [-0.1, -0.05) is 17.3 Å². The van der Waals surface area contributed by atoms with E-state index in [-0.39, 0.29) is 5.89 Å². The number of esters is 1. The number of hydrogen-bond donors (Lipinski definition) is 0. The lowest BCUT2D eigenvalue weighted by Gasteiger charge is -2.11. The maximum absolute atomic E-state index is 12.9. The summed E-state index contributed by atoms with van der Waals surface area (Å²) in [5.41, 5.74) is 5.17. The molecular formula is C23H22N4O3. The zero-order chi connectivity index (χ0) is 21.3. The van der Waals surface area contributed by atoms with Crippen LogP contribution in [0.25, 0.3) is 17.1 Å². The van der Waals surface area contributed by atoms with Crippen molar-refractivity contribution in [1.29, 1.82) is 0 Å². The molecule has 0 aliphatic carbocycles. The van der Waals surface area contributed by atoms with Crippen LogP contribution in [0.5, 0.6) is 0 Å². The molecule has 0 saturated carbocycles. The molecule has 4 rings (SSSR count). The van der Waals surface area contributed by atoms with E-state index in [1.165, 1.54) is 0 Å². The van der Waals surface area contributed by atoms with Gasteiger partial charge in [0.05, 0.1) is 5.56 Å². The maximum atomic E-state index is 12.9. The second-order valence-electron chi connectivity index (χ2n) is 7.20. The summed E-state index contributed by atoms with van der Waals surface area (Å²) in [6, 6.07) is 13.6. The molecule has 0 fully saturated rings. The second kappa shape index (κ2) is 7.94. The molecule has 0 aliphatic rings. The molecule has 152 valence electrons. The Balaban J connectivity index is 1.55. The molecule has 7 nitrogen and oxygen atoms in total. The van der Waals surface area contributed by atoms with Crippen molar-refractivity contribution in [3.05, 3.63) is 83.3 Å². The molecule has 4 aromatic rings. The van der Waals surface area contributed by atoms with E-state index in [2.05, 4.69) is 21.2 Å². The molecule has 7 heteroatoms. The van der Waals surface area contributed by atoms with Crippen LogP contribution in [0.3, 0.4) is 0 Å². The Morgan fingerprint density at radius 3 is 2.70 bits per heavy atom. The molecule has 3 aromatic heterocycles. The van der Waals surface area contributed by atoms with Gasteiger partial charge in [0, 0.05) is 35.0 Å². The first-order valence-corrected chi connectivity index (χ1v) is 9.65. The largest absolute Gasteiger partial charge is 0.449 e. The maximum Gasteiger partial charge on any atom is 0.340 e. The average Bonchev–Trinajstić information content (AvgIpc) is 3.33. The Bertz CT molecular complexity index is 1190. The predicted octanol–water partition coefficient (Wildman–Crippen LogP) is 4.77. The van der Waals surface area contributed by atoms with E-state index in [9.17, 15) is 4.79 Å². The highest BCUT2D eigenvalue weighted by Crippen LogP contribution is 2.25. The smallest absolute Gasteiger partial charge is 0.340 e. The highest BCUT2D eigenvalue weighted by molar-refractivity contribution is 5.91. The van der Waals surface area contributed by atoms with E-state index in [1.807, 2.05) is 55.7 Å². The van der Waals surface area contributed by atoms with Crippen LogP contribution in [0.1, 0.15) is 46.2 Å². The number of rotatable bonds is 5. The number of nitrogens with zero attached hydrogens (tertiary/aromatic N) is 4. The van der Waals surface area contributed by atoms with Gasteiger partial charge < -0.3 is 13.8 Å². The van der Waals surface area contributed by atoms with Gasteiger partial charge in [-0.3, -0.25) is 4.98 Å². The Hall–Kier alpha value is -3.74. The fraction of sp³-hybridized carbons (Fsp3) is 0.217. The molecule has 0 N–H and O–H groups in total. The van der Waals surface area contributed by atoms with Gasteiger partial charge in [-0.25, -0.2) is 4.79 Å². The van der Waals surface area contributed by atoms with Gasteiger partial charge in [0.15, 0.2) is 6.10 Å². The van der Waals surface area contributed by atoms with E-state index >= 15 is 0 Å². The van der Waals surface area contributed by atoms with Gasteiger partial charge in [0.2, 0.25) is 5.82 Å². The quantitative estimate of drug-likeness (QED) is 0.447. The van der Waals surface area contributed by atoms with Crippen LogP contribution in [0.4, 0.5) is 0 Å². The van der Waals surface area contributed by atoms with Crippen molar-refractivity contribution in [1.82, 2.24) is 19.7 Å². The molecule has 30 heavy (non-hydrogen) atoms. The lowest BCUT2D eigenvalue weighted by molar-refractivity contribution is 0.0264. The van der Waals surface area contributed by atoms with Crippen molar-refractivity contribution < 1.29 is 14.1 Å². The Morgan fingerprint density at radius 2 is 1.97 bits per heavy atom. The average molecular weight is 402 g/mol. The minimum atomic E-state index is -0.683. The lowest BCUT2D eigenvalue weighted by atomic mass is 10.2. The summed E-state index contributed by atoms with van der Waals surface area (Å²) < 4.78 is 12.9. The van der Waals surface area contributed by atoms with E-state index in [0.717, 1.165) is 28.2 Å². The molecule has 0 aliphatic heterocycles. The Kier molecular flexibility index (Phi) is 5.18. The summed E-state index contributed by atoms with van der Waals surface area (Å²) in [7, 11) is 0. The minimum absolute atomic E-state index is 0.231. The molecule has 3 heterocycles. The fourth-order valence-electron chi connectivity index (χ4n) is 3.42. The van der Waals surface area contributed by atoms with E-state index in [0.29, 0.717) is 11.4 Å². The third kappa shape index (κ3) is 3.74. The van der Waals surface area contributed by atoms with Gasteiger partial charge in [0.25, 0.3) is 5.89 Å². The molecule has 0 spiro atoms. The van der Waals surface area contributed by atoms with Crippen molar-refractivity contribution in [2.75, 3.05) is 0 Å². The highest BCUT2D eigenvalue weighted by atomic mass is 16.6. The van der Waals surface area contributed by atoms with Gasteiger partial charge in [-0.2, -0.15) is 4.98 Å². The normalized spacial score (nSPS) is 12.0. The summed E-state index contributed by atoms with van der Waals surface area (Å²) in [5.74, 6) is 0.198. The van der Waals surface area contributed by atoms with Crippen molar-refractivity contribution in [2.24, 2.45) is 0 Å². The van der Waals surface area contributed by atoms with Crippen LogP contribution in [0.15, 0.2) is 59.4 Å². The minimum Gasteiger partial charge on any atom is -0.449 e. The number of benzene rings is 1. The lowest BCUT2D eigenvalue weighted by Crippen LogP contribution is -2.11. The summed E-state index contributed by atoms with van der Waals surface area (Å²) in [6.45, 7) is 7.62. The van der Waals surface area contributed by atoms with Crippen LogP contribution >= 0.6 is 0 Å². The zero-order valence-corrected chi connectivity index (χ0v) is 17.3. The standard InChI is InChI=1S/C23H22N4O3/c1-14-7-5-9-19(11-14)27-15(2)12-20(16(27)3)23(28)29-17(4)22-25-21(26-30-22)18-8-6-10-24-13-18/h5-13,17H,1-4H3. The monoisotopic (exact) mass is 402 g/mol. The van der Waals surface area contributed by atoms with Gasteiger partial charge in [-0.15, -0.1) is 0 Å². The zero-order valence-electron chi connectivity index (χ0n) is 17.3. The van der Waals surface area contributed by atoms with Crippen LogP contribution in [0.2, 0.25) is 0 Å². The highest BCUT2D eigenvalue weighted by Gasteiger charge is 2.23. The number of pyridine rings is 1. The summed E-state index contributed by atoms with van der Waals surface area (Å²) in [5, 5.41) is 3.95. The van der Waals surface area contributed by atoms with Crippen molar-refractivity contribution in [2.45, 2.75) is 33.8 Å². The Labute approximate surface area is 174 Å². The number of carbonyl (C=O) groups is 1. The van der Waals surface area contributed by atoms with Crippen molar-refractivity contribution in [3.63, 3.8) is 0 Å². The SMILES string of the molecule is Cc1cccc(-n2c(C)cc(C(=O)OC(C)c3nc(-c4cccnc4)no3)c2C)c1. The predicted molar refractivity (Wildman–Crippen MR) is 111 cm³/mol. The van der Waals surface area contributed by atoms with E-state index < -0.39 is 12.1 Å². The van der Waals surface area contributed by atoms with Crippen LogP contribution < -0.4 is 0 Å². The van der Waals surface area contributed by atoms with Crippen LogP contribution in [-0.4, -0.2) is 25.7 Å². The topological polar surface area (TPSA) is 83.0 Å². The number of carbonyl (C=O) groups excluding carboxylic acids is 1. The molecule has 0 saturated heterocycles. The number of hydrogen-bond acceptors (Lipinski definition) is 6. The molecule has 1 unspecified atom stereocenters. The molecule has 1 aromatic carbocycles. The number of ether oxygens (including phenoxy) is 1. The second-order valence-corrected chi connectivity index (χ2v) is 7.20. The third-order valence-electron chi connectivity index (χ3n) is 4.90. The van der Waals surface area contributed by atoms with Crippen LogP contribution in [0, 0.1) is 20.8 Å². The third-order valence-corrected chi connectivity index (χ3v) is 4.90. The molecule has 0 bridgehead atoms. The van der Waals surface area contributed by atoms with E-state index in [4.69, 9.17) is 9.26 Å². The molecule has 1 atom stereocenters. The van der Waals surface area contributed by atoms with Gasteiger partial charge in [-0.05, 0) is 63.6 Å². The van der Waals surface area contributed by atoms with Gasteiger partial charge >= 0.3 is 5.97 Å². The molecular weight excluding hydrogens is 380 g/mol. The van der Waals surface area contributed by atoms with Gasteiger partial charge in [0.1, 0.15) is 0 Å². The number of aryl methyl sites for hydroxylation is 2. The fourth-order valence-corrected chi connectivity index (χ4v) is 3.42. The molecule has 0 amide bonds. The first-order chi connectivity index (χ1) is 14.4. The molecule has 0 radical (unpaired) electrons. The first kappa shape index (κ1) is 19.6. The van der Waals surface area contributed by atoms with Crippen molar-refractivity contribution >= 4 is 5.97 Å².